The van der Waals surface area contributed by atoms with Gasteiger partial charge in [0.25, 0.3) is 0 Å². The molecule has 1 heterocycles. The van der Waals surface area contributed by atoms with Crippen molar-refractivity contribution in [2.24, 2.45) is 11.7 Å². The van der Waals surface area contributed by atoms with Crippen LogP contribution in [0.1, 0.15) is 38.7 Å². The Balaban J connectivity index is 1.87. The Hall–Kier alpha value is -1.79. The summed E-state index contributed by atoms with van der Waals surface area (Å²) in [6, 6.07) is 5.65. The van der Waals surface area contributed by atoms with Gasteiger partial charge in [0.2, 0.25) is 5.91 Å². The number of likely N-dealkylation sites (tertiary alicyclic amines) is 1. The molecule has 1 aromatic carbocycles. The van der Waals surface area contributed by atoms with Crippen molar-refractivity contribution in [2.45, 2.75) is 51.7 Å². The number of carbonyl (C=O) groups is 1. The SMILES string of the molecule is COc1cccc(OC)c1CN1CCC(NC(=O)[C@@H](N)CC(C)C)CC1. The highest BCUT2D eigenvalue weighted by atomic mass is 16.5. The lowest BCUT2D eigenvalue weighted by Gasteiger charge is -2.33. The van der Waals surface area contributed by atoms with Crippen molar-refractivity contribution >= 4 is 5.91 Å². The van der Waals surface area contributed by atoms with Gasteiger partial charge in [-0.05, 0) is 37.3 Å². The molecule has 0 unspecified atom stereocenters. The summed E-state index contributed by atoms with van der Waals surface area (Å²) in [7, 11) is 3.36. The molecular formula is C20H33N3O3. The summed E-state index contributed by atoms with van der Waals surface area (Å²) in [5.41, 5.74) is 7.05. The number of hydrogen-bond donors (Lipinski definition) is 2. The Bertz CT molecular complexity index is 561. The van der Waals surface area contributed by atoms with Crippen molar-refractivity contribution in [1.29, 1.82) is 0 Å². The number of ether oxygens (including phenoxy) is 2. The molecule has 2 rings (SSSR count). The van der Waals surface area contributed by atoms with Crippen LogP contribution in [0.3, 0.4) is 0 Å². The van der Waals surface area contributed by atoms with Crippen molar-refractivity contribution in [1.82, 2.24) is 10.2 Å². The molecule has 0 aliphatic carbocycles. The molecular weight excluding hydrogens is 330 g/mol. The summed E-state index contributed by atoms with van der Waals surface area (Å²) in [6.07, 6.45) is 2.58. The van der Waals surface area contributed by atoms with Crippen LogP contribution in [-0.4, -0.2) is 50.2 Å². The summed E-state index contributed by atoms with van der Waals surface area (Å²) in [5.74, 6) is 2.09. The van der Waals surface area contributed by atoms with E-state index in [-0.39, 0.29) is 11.9 Å². The average molecular weight is 364 g/mol. The van der Waals surface area contributed by atoms with Gasteiger partial charge < -0.3 is 20.5 Å². The summed E-state index contributed by atoms with van der Waals surface area (Å²) in [5, 5.41) is 3.11. The Kier molecular flexibility index (Phi) is 7.72. The Morgan fingerprint density at radius 3 is 2.31 bits per heavy atom. The Morgan fingerprint density at radius 1 is 1.23 bits per heavy atom. The van der Waals surface area contributed by atoms with Gasteiger partial charge in [0.1, 0.15) is 11.5 Å². The summed E-state index contributed by atoms with van der Waals surface area (Å²) < 4.78 is 11.0. The zero-order valence-electron chi connectivity index (χ0n) is 16.5. The molecule has 1 fully saturated rings. The smallest absolute Gasteiger partial charge is 0.237 e. The van der Waals surface area contributed by atoms with Gasteiger partial charge in [-0.15, -0.1) is 0 Å². The number of hydrogen-bond acceptors (Lipinski definition) is 5. The predicted octanol–water partition coefficient (Wildman–Crippen LogP) is 2.16. The van der Waals surface area contributed by atoms with E-state index in [2.05, 4.69) is 24.1 Å². The fourth-order valence-corrected chi connectivity index (χ4v) is 3.47. The van der Waals surface area contributed by atoms with Crippen molar-refractivity contribution in [3.8, 4) is 11.5 Å². The second-order valence-electron chi connectivity index (χ2n) is 7.44. The van der Waals surface area contributed by atoms with E-state index in [4.69, 9.17) is 15.2 Å². The minimum atomic E-state index is -0.411. The number of benzene rings is 1. The Morgan fingerprint density at radius 2 is 1.81 bits per heavy atom. The average Bonchev–Trinajstić information content (AvgIpc) is 2.62. The largest absolute Gasteiger partial charge is 0.496 e. The number of piperidine rings is 1. The van der Waals surface area contributed by atoms with Crippen molar-refractivity contribution < 1.29 is 14.3 Å². The number of amides is 1. The van der Waals surface area contributed by atoms with E-state index in [1.165, 1.54) is 0 Å². The van der Waals surface area contributed by atoms with Crippen molar-refractivity contribution in [2.75, 3.05) is 27.3 Å². The molecule has 6 heteroatoms. The molecule has 1 amide bonds. The van der Waals surface area contributed by atoms with Crippen LogP contribution in [0.4, 0.5) is 0 Å². The van der Waals surface area contributed by atoms with Gasteiger partial charge in [0, 0.05) is 25.7 Å². The van der Waals surface area contributed by atoms with Crippen LogP contribution in [0.2, 0.25) is 0 Å². The molecule has 3 N–H and O–H groups in total. The van der Waals surface area contributed by atoms with Crippen LogP contribution in [0.15, 0.2) is 18.2 Å². The maximum atomic E-state index is 12.2. The molecule has 6 nitrogen and oxygen atoms in total. The fourth-order valence-electron chi connectivity index (χ4n) is 3.47. The number of rotatable bonds is 8. The second-order valence-corrected chi connectivity index (χ2v) is 7.44. The molecule has 1 aliphatic heterocycles. The molecule has 0 saturated carbocycles. The highest BCUT2D eigenvalue weighted by Crippen LogP contribution is 2.30. The van der Waals surface area contributed by atoms with Crippen LogP contribution < -0.4 is 20.5 Å². The van der Waals surface area contributed by atoms with Gasteiger partial charge >= 0.3 is 0 Å². The number of methoxy groups -OCH3 is 2. The molecule has 1 aromatic rings. The minimum absolute atomic E-state index is 0.0245. The number of nitrogens with two attached hydrogens (primary N) is 1. The monoisotopic (exact) mass is 363 g/mol. The molecule has 0 bridgehead atoms. The second kappa shape index (κ2) is 9.78. The van der Waals surface area contributed by atoms with E-state index in [9.17, 15) is 4.79 Å². The van der Waals surface area contributed by atoms with Gasteiger partial charge in [-0.1, -0.05) is 19.9 Å². The van der Waals surface area contributed by atoms with E-state index >= 15 is 0 Å². The lowest BCUT2D eigenvalue weighted by atomic mass is 10.0. The van der Waals surface area contributed by atoms with Crippen molar-refractivity contribution in [3.05, 3.63) is 23.8 Å². The third kappa shape index (κ3) is 5.61. The first kappa shape index (κ1) is 20.5. The minimum Gasteiger partial charge on any atom is -0.496 e. The Labute approximate surface area is 157 Å². The van der Waals surface area contributed by atoms with Crippen LogP contribution in [0.25, 0.3) is 0 Å². The molecule has 26 heavy (non-hydrogen) atoms. The first-order valence-corrected chi connectivity index (χ1v) is 9.42. The molecule has 0 aromatic heterocycles. The van der Waals surface area contributed by atoms with E-state index < -0.39 is 6.04 Å². The quantitative estimate of drug-likeness (QED) is 0.740. The molecule has 1 aliphatic rings. The van der Waals surface area contributed by atoms with Gasteiger partial charge in [0.05, 0.1) is 25.8 Å². The lowest BCUT2D eigenvalue weighted by Crippen LogP contribution is -2.49. The van der Waals surface area contributed by atoms with Crippen molar-refractivity contribution in [3.63, 3.8) is 0 Å². The third-order valence-corrected chi connectivity index (χ3v) is 4.91. The standard InChI is InChI=1S/C20H33N3O3/c1-14(2)12-17(21)20(24)22-15-8-10-23(11-9-15)13-16-18(25-3)6-5-7-19(16)26-4/h5-7,14-15,17H,8-13,21H2,1-4H3,(H,22,24)/t17-/m0/s1. The lowest BCUT2D eigenvalue weighted by molar-refractivity contribution is -0.123. The summed E-state index contributed by atoms with van der Waals surface area (Å²) in [4.78, 5) is 14.6. The predicted molar refractivity (Wildman–Crippen MR) is 103 cm³/mol. The topological polar surface area (TPSA) is 76.8 Å². The molecule has 0 spiro atoms. The molecule has 1 saturated heterocycles. The number of nitrogens with zero attached hydrogens (tertiary/aromatic N) is 1. The summed E-state index contributed by atoms with van der Waals surface area (Å²) >= 11 is 0. The molecule has 1 atom stereocenters. The first-order chi connectivity index (χ1) is 12.4. The first-order valence-electron chi connectivity index (χ1n) is 9.42. The van der Waals surface area contributed by atoms with E-state index in [0.29, 0.717) is 5.92 Å². The van der Waals surface area contributed by atoms with Crippen LogP contribution in [0, 0.1) is 5.92 Å². The van der Waals surface area contributed by atoms with Crippen LogP contribution in [-0.2, 0) is 11.3 Å². The van der Waals surface area contributed by atoms with Gasteiger partial charge in [0.15, 0.2) is 0 Å². The summed E-state index contributed by atoms with van der Waals surface area (Å²) in [6.45, 7) is 6.79. The third-order valence-electron chi connectivity index (χ3n) is 4.91. The van der Waals surface area contributed by atoms with Gasteiger partial charge in [-0.3, -0.25) is 9.69 Å². The maximum absolute atomic E-state index is 12.2. The highest BCUT2D eigenvalue weighted by molar-refractivity contribution is 5.81. The van der Waals surface area contributed by atoms with E-state index in [1.54, 1.807) is 14.2 Å². The highest BCUT2D eigenvalue weighted by Gasteiger charge is 2.24. The normalized spacial score (nSPS) is 17.2. The zero-order valence-corrected chi connectivity index (χ0v) is 16.5. The molecule has 0 radical (unpaired) electrons. The zero-order chi connectivity index (χ0) is 19.1. The maximum Gasteiger partial charge on any atom is 0.237 e. The molecule has 146 valence electrons. The van der Waals surface area contributed by atoms with E-state index in [1.807, 2.05) is 18.2 Å². The van der Waals surface area contributed by atoms with Gasteiger partial charge in [-0.2, -0.15) is 0 Å². The fraction of sp³-hybridized carbons (Fsp3) is 0.650. The van der Waals surface area contributed by atoms with E-state index in [0.717, 1.165) is 56.0 Å². The number of nitrogens with one attached hydrogen (secondary N) is 1. The van der Waals surface area contributed by atoms with Gasteiger partial charge in [-0.25, -0.2) is 0 Å². The van der Waals surface area contributed by atoms with Crippen LogP contribution >= 0.6 is 0 Å². The van der Waals surface area contributed by atoms with Crippen LogP contribution in [0.5, 0.6) is 11.5 Å². The number of carbonyl (C=O) groups excluding carboxylic acids is 1.